The Bertz CT molecular complexity index is 1320. The van der Waals surface area contributed by atoms with E-state index in [1.54, 1.807) is 16.4 Å². The smallest absolute Gasteiger partial charge is 0.224 e. The van der Waals surface area contributed by atoms with E-state index in [0.717, 1.165) is 40.4 Å². The molecule has 3 aromatic rings. The second-order valence-electron chi connectivity index (χ2n) is 12.9. The standard InChI is InChI=1S/C37H55N5O4S/c1-4-5-6-7-8-9-10-11-12-13-14-15-16-20-34(44)38-32-19-17-18-31(25-32)36-45-33(27-47-37-39-40-41-42(37)3)28(2)35(46-36)30-23-21-29(26-43)22-24-30/h17-19,21-25,28,33,35-36,43H,4-16,20,26-27H2,1-3H3,(H,38,44). The molecule has 2 heterocycles. The van der Waals surface area contributed by atoms with Crippen molar-refractivity contribution in [1.82, 2.24) is 20.2 Å². The molecule has 4 rings (SSSR count). The van der Waals surface area contributed by atoms with Crippen LogP contribution in [0, 0.1) is 5.92 Å². The van der Waals surface area contributed by atoms with Gasteiger partial charge in [-0.1, -0.05) is 139 Å². The van der Waals surface area contributed by atoms with Crippen LogP contribution in [0.3, 0.4) is 0 Å². The molecule has 47 heavy (non-hydrogen) atoms. The Kier molecular flexibility index (Phi) is 16.2. The Labute approximate surface area is 285 Å². The predicted molar refractivity (Wildman–Crippen MR) is 188 cm³/mol. The number of thioether (sulfide) groups is 1. The number of aliphatic hydroxyl groups is 1. The van der Waals surface area contributed by atoms with Gasteiger partial charge in [-0.15, -0.1) is 5.10 Å². The minimum atomic E-state index is -0.616. The molecule has 1 fully saturated rings. The van der Waals surface area contributed by atoms with Crippen LogP contribution in [0.15, 0.2) is 53.7 Å². The first-order valence-electron chi connectivity index (χ1n) is 17.7. The quantitative estimate of drug-likeness (QED) is 0.0859. The van der Waals surface area contributed by atoms with E-state index >= 15 is 0 Å². The molecule has 10 heteroatoms. The van der Waals surface area contributed by atoms with Crippen LogP contribution < -0.4 is 5.32 Å². The second-order valence-corrected chi connectivity index (χ2v) is 13.9. The van der Waals surface area contributed by atoms with E-state index in [4.69, 9.17) is 9.47 Å². The van der Waals surface area contributed by atoms with Gasteiger partial charge < -0.3 is 19.9 Å². The summed E-state index contributed by atoms with van der Waals surface area (Å²) in [6.07, 6.45) is 16.3. The summed E-state index contributed by atoms with van der Waals surface area (Å²) in [5, 5.41) is 25.1. The number of nitrogens with zero attached hydrogens (tertiary/aromatic N) is 4. The van der Waals surface area contributed by atoms with E-state index < -0.39 is 6.29 Å². The molecular formula is C37H55N5O4S. The van der Waals surface area contributed by atoms with E-state index in [1.165, 1.54) is 70.6 Å². The third-order valence-corrected chi connectivity index (χ3v) is 10.1. The Hall–Kier alpha value is -2.79. The number of aromatic nitrogens is 4. The number of ether oxygens (including phenoxy) is 2. The highest BCUT2D eigenvalue weighted by molar-refractivity contribution is 7.99. The van der Waals surface area contributed by atoms with Crippen molar-refractivity contribution in [2.45, 2.75) is 134 Å². The Morgan fingerprint density at radius 3 is 2.17 bits per heavy atom. The minimum absolute atomic E-state index is 0.00400. The molecule has 4 unspecified atom stereocenters. The van der Waals surface area contributed by atoms with Crippen molar-refractivity contribution in [3.63, 3.8) is 0 Å². The molecule has 1 aliphatic rings. The van der Waals surface area contributed by atoms with Crippen LogP contribution in [-0.2, 0) is 27.9 Å². The molecule has 258 valence electrons. The lowest BCUT2D eigenvalue weighted by atomic mass is 9.91. The van der Waals surface area contributed by atoms with Crippen LogP contribution in [0.4, 0.5) is 5.69 Å². The average molecular weight is 666 g/mol. The molecular weight excluding hydrogens is 611 g/mol. The van der Waals surface area contributed by atoms with Gasteiger partial charge in [0.15, 0.2) is 6.29 Å². The fourth-order valence-corrected chi connectivity index (χ4v) is 7.11. The normalized spacial score (nSPS) is 19.6. The molecule has 1 amide bonds. The van der Waals surface area contributed by atoms with Gasteiger partial charge in [-0.3, -0.25) is 4.79 Å². The van der Waals surface area contributed by atoms with E-state index in [0.29, 0.717) is 12.2 Å². The number of carbonyl (C=O) groups is 1. The summed E-state index contributed by atoms with van der Waals surface area (Å²) >= 11 is 1.55. The van der Waals surface area contributed by atoms with Crippen molar-refractivity contribution in [2.24, 2.45) is 13.0 Å². The lowest BCUT2D eigenvalue weighted by molar-refractivity contribution is -0.268. The molecule has 0 bridgehead atoms. The molecule has 0 spiro atoms. The highest BCUT2D eigenvalue weighted by Crippen LogP contribution is 2.43. The third kappa shape index (κ3) is 12.3. The number of aliphatic hydroxyl groups excluding tert-OH is 1. The van der Waals surface area contributed by atoms with Gasteiger partial charge in [0.2, 0.25) is 11.1 Å². The number of rotatable bonds is 21. The Morgan fingerprint density at radius 2 is 1.55 bits per heavy atom. The van der Waals surface area contributed by atoms with Gasteiger partial charge in [0.05, 0.1) is 18.8 Å². The maximum Gasteiger partial charge on any atom is 0.224 e. The highest BCUT2D eigenvalue weighted by atomic mass is 32.2. The van der Waals surface area contributed by atoms with Crippen LogP contribution in [0.5, 0.6) is 0 Å². The van der Waals surface area contributed by atoms with Gasteiger partial charge in [-0.2, -0.15) is 0 Å². The summed E-state index contributed by atoms with van der Waals surface area (Å²) in [6, 6.07) is 15.7. The van der Waals surface area contributed by atoms with Crippen molar-refractivity contribution in [1.29, 1.82) is 0 Å². The Morgan fingerprint density at radius 1 is 0.894 bits per heavy atom. The van der Waals surface area contributed by atoms with Crippen LogP contribution in [0.25, 0.3) is 0 Å². The number of unbranched alkanes of at least 4 members (excludes halogenated alkanes) is 12. The van der Waals surface area contributed by atoms with Crippen LogP contribution in [0.1, 0.15) is 133 Å². The summed E-state index contributed by atoms with van der Waals surface area (Å²) in [4.78, 5) is 12.8. The number of amides is 1. The van der Waals surface area contributed by atoms with Gasteiger partial charge in [-0.25, -0.2) is 4.68 Å². The number of carbonyl (C=O) groups excluding carboxylic acids is 1. The van der Waals surface area contributed by atoms with Crippen molar-refractivity contribution in [3.05, 3.63) is 65.2 Å². The average Bonchev–Trinajstić information content (AvgIpc) is 3.50. The molecule has 1 aromatic heterocycles. The first-order chi connectivity index (χ1) is 23.0. The summed E-state index contributed by atoms with van der Waals surface area (Å²) in [6.45, 7) is 4.40. The van der Waals surface area contributed by atoms with E-state index in [1.807, 2.05) is 55.6 Å². The lowest BCUT2D eigenvalue weighted by Crippen LogP contribution is -2.38. The fraction of sp³-hybridized carbons (Fsp3) is 0.622. The number of benzene rings is 2. The summed E-state index contributed by atoms with van der Waals surface area (Å²) in [5.74, 6) is 0.733. The fourth-order valence-electron chi connectivity index (χ4n) is 6.10. The number of hydrogen-bond donors (Lipinski definition) is 2. The van der Waals surface area contributed by atoms with Crippen LogP contribution in [-0.4, -0.2) is 43.1 Å². The van der Waals surface area contributed by atoms with Crippen molar-refractivity contribution in [3.8, 4) is 0 Å². The van der Waals surface area contributed by atoms with Gasteiger partial charge in [0.1, 0.15) is 0 Å². The topological polar surface area (TPSA) is 111 Å². The van der Waals surface area contributed by atoms with E-state index in [2.05, 4.69) is 34.7 Å². The molecule has 4 atom stereocenters. The van der Waals surface area contributed by atoms with Crippen molar-refractivity contribution >= 4 is 23.4 Å². The van der Waals surface area contributed by atoms with Gasteiger partial charge in [-0.05, 0) is 40.1 Å². The molecule has 2 N–H and O–H groups in total. The number of aryl methyl sites for hydroxylation is 1. The zero-order chi connectivity index (χ0) is 33.3. The molecule has 0 radical (unpaired) electrons. The molecule has 1 saturated heterocycles. The number of hydrogen-bond acceptors (Lipinski definition) is 8. The van der Waals surface area contributed by atoms with Gasteiger partial charge >= 0.3 is 0 Å². The SMILES string of the molecule is CCCCCCCCCCCCCCCC(=O)Nc1cccc(C2OC(CSc3nnnn3C)C(C)C(c3ccc(CO)cc3)O2)c1. The zero-order valence-electron chi connectivity index (χ0n) is 28.6. The molecule has 0 saturated carbocycles. The first kappa shape index (κ1) is 37.0. The monoisotopic (exact) mass is 665 g/mol. The largest absolute Gasteiger partial charge is 0.392 e. The zero-order valence-corrected chi connectivity index (χ0v) is 29.4. The minimum Gasteiger partial charge on any atom is -0.392 e. The second kappa shape index (κ2) is 20.5. The predicted octanol–water partition coefficient (Wildman–Crippen LogP) is 8.71. The van der Waals surface area contributed by atoms with Crippen molar-refractivity contribution < 1.29 is 19.4 Å². The van der Waals surface area contributed by atoms with E-state index in [9.17, 15) is 9.90 Å². The van der Waals surface area contributed by atoms with Gasteiger partial charge in [0.25, 0.3) is 0 Å². The van der Waals surface area contributed by atoms with E-state index in [-0.39, 0.29) is 30.6 Å². The number of tetrazole rings is 1. The number of nitrogens with one attached hydrogen (secondary N) is 1. The molecule has 2 aromatic carbocycles. The van der Waals surface area contributed by atoms with Gasteiger partial charge in [0, 0.05) is 36.4 Å². The van der Waals surface area contributed by atoms with Crippen LogP contribution >= 0.6 is 11.8 Å². The lowest BCUT2D eigenvalue weighted by Gasteiger charge is -2.41. The molecule has 9 nitrogen and oxygen atoms in total. The molecule has 1 aliphatic heterocycles. The summed E-state index contributed by atoms with van der Waals surface area (Å²) in [5.41, 5.74) is 3.48. The maximum atomic E-state index is 12.8. The number of anilines is 1. The maximum absolute atomic E-state index is 12.8. The third-order valence-electron chi connectivity index (χ3n) is 9.03. The molecule has 0 aliphatic carbocycles. The van der Waals surface area contributed by atoms with Crippen molar-refractivity contribution in [2.75, 3.05) is 11.1 Å². The first-order valence-corrected chi connectivity index (χ1v) is 18.7. The highest BCUT2D eigenvalue weighted by Gasteiger charge is 2.38. The summed E-state index contributed by atoms with van der Waals surface area (Å²) < 4.78 is 14.8. The van der Waals surface area contributed by atoms with Crippen LogP contribution in [0.2, 0.25) is 0 Å². The summed E-state index contributed by atoms with van der Waals surface area (Å²) in [7, 11) is 1.82. The Balaban J connectivity index is 1.26.